The first-order valence-corrected chi connectivity index (χ1v) is 7.87. The van der Waals surface area contributed by atoms with Gasteiger partial charge in [-0.25, -0.2) is 13.1 Å². The highest BCUT2D eigenvalue weighted by Crippen LogP contribution is 2.18. The largest absolute Gasteiger partial charge is 0.337 e. The molecule has 1 saturated heterocycles. The molecule has 1 aliphatic rings. The van der Waals surface area contributed by atoms with Crippen molar-refractivity contribution in [3.63, 3.8) is 0 Å². The lowest BCUT2D eigenvalue weighted by molar-refractivity contribution is 0.0776. The molecular formula is C12H18N4O3S. The second kappa shape index (κ2) is 5.76. The molecule has 1 aliphatic heterocycles. The van der Waals surface area contributed by atoms with Crippen LogP contribution in [0.15, 0.2) is 24.3 Å². The minimum atomic E-state index is -3.40. The molecule has 0 aliphatic carbocycles. The fraction of sp³-hybridized carbons (Fsp3) is 0.500. The van der Waals surface area contributed by atoms with E-state index in [-0.39, 0.29) is 11.8 Å². The zero-order valence-electron chi connectivity index (χ0n) is 11.3. The number of carbonyl (C=O) groups excluding carboxylic acids is 1. The molecule has 20 heavy (non-hydrogen) atoms. The predicted octanol–water partition coefficient (Wildman–Crippen LogP) is -0.0549. The smallest absolute Gasteiger partial charge is 0.272 e. The van der Waals surface area contributed by atoms with Crippen LogP contribution in [0, 0.1) is 5.92 Å². The van der Waals surface area contributed by atoms with E-state index in [2.05, 4.69) is 16.4 Å². The topological polar surface area (TPSA) is 84.3 Å². The number of amides is 1. The van der Waals surface area contributed by atoms with Crippen LogP contribution in [0.3, 0.4) is 0 Å². The van der Waals surface area contributed by atoms with Crippen molar-refractivity contribution in [2.24, 2.45) is 13.0 Å². The molecule has 2 rings (SSSR count). The van der Waals surface area contributed by atoms with Gasteiger partial charge in [0.2, 0.25) is 10.0 Å². The summed E-state index contributed by atoms with van der Waals surface area (Å²) in [6.07, 6.45) is 2.36. The van der Waals surface area contributed by atoms with Crippen LogP contribution in [0.1, 0.15) is 16.9 Å². The minimum absolute atomic E-state index is 0.0703. The van der Waals surface area contributed by atoms with Gasteiger partial charge in [0.25, 0.3) is 5.91 Å². The second-order valence-corrected chi connectivity index (χ2v) is 6.52. The van der Waals surface area contributed by atoms with Crippen LogP contribution in [0.2, 0.25) is 0 Å². The fourth-order valence-electron chi connectivity index (χ4n) is 2.22. The van der Waals surface area contributed by atoms with E-state index in [0.29, 0.717) is 25.3 Å². The van der Waals surface area contributed by atoms with E-state index in [1.807, 2.05) is 0 Å². The number of carbonyl (C=O) groups is 1. The van der Waals surface area contributed by atoms with Gasteiger partial charge in [-0.3, -0.25) is 9.48 Å². The lowest BCUT2D eigenvalue weighted by atomic mass is 10.1. The van der Waals surface area contributed by atoms with Gasteiger partial charge in [0.05, 0.1) is 0 Å². The molecule has 1 amide bonds. The SMILES string of the molecule is C=CS(=O)(=O)NCC1CCN(C(=O)c2ccnn2C)C1. The van der Waals surface area contributed by atoms with Crippen molar-refractivity contribution in [1.29, 1.82) is 0 Å². The number of hydrogen-bond donors (Lipinski definition) is 1. The summed E-state index contributed by atoms with van der Waals surface area (Å²) in [5.41, 5.74) is 0.539. The monoisotopic (exact) mass is 298 g/mol. The van der Waals surface area contributed by atoms with E-state index in [1.54, 1.807) is 24.2 Å². The van der Waals surface area contributed by atoms with E-state index in [4.69, 9.17) is 0 Å². The number of hydrogen-bond acceptors (Lipinski definition) is 4. The summed E-state index contributed by atoms with van der Waals surface area (Å²) >= 11 is 0. The zero-order chi connectivity index (χ0) is 14.8. The van der Waals surface area contributed by atoms with Crippen LogP contribution in [-0.4, -0.2) is 48.6 Å². The third kappa shape index (κ3) is 3.26. The summed E-state index contributed by atoms with van der Waals surface area (Å²) in [4.78, 5) is 14.0. The molecule has 1 N–H and O–H groups in total. The number of likely N-dealkylation sites (tertiary alicyclic amines) is 1. The van der Waals surface area contributed by atoms with Crippen molar-refractivity contribution >= 4 is 15.9 Å². The van der Waals surface area contributed by atoms with Gasteiger partial charge in [-0.2, -0.15) is 5.10 Å². The van der Waals surface area contributed by atoms with Gasteiger partial charge in [0, 0.05) is 38.3 Å². The van der Waals surface area contributed by atoms with Crippen LogP contribution in [0.4, 0.5) is 0 Å². The third-order valence-corrected chi connectivity index (χ3v) is 4.41. The number of rotatable bonds is 5. The number of sulfonamides is 1. The number of nitrogens with one attached hydrogen (secondary N) is 1. The summed E-state index contributed by atoms with van der Waals surface area (Å²) in [7, 11) is -1.68. The molecule has 0 aromatic carbocycles. The molecule has 0 radical (unpaired) electrons. The molecule has 0 saturated carbocycles. The van der Waals surface area contributed by atoms with Gasteiger partial charge in [-0.05, 0) is 18.4 Å². The molecule has 1 unspecified atom stereocenters. The van der Waals surface area contributed by atoms with Crippen LogP contribution < -0.4 is 4.72 Å². The molecule has 0 spiro atoms. The van der Waals surface area contributed by atoms with Crippen molar-refractivity contribution in [2.75, 3.05) is 19.6 Å². The fourth-order valence-corrected chi connectivity index (χ4v) is 2.81. The van der Waals surface area contributed by atoms with Crippen LogP contribution in [-0.2, 0) is 17.1 Å². The molecule has 0 bridgehead atoms. The Hall–Kier alpha value is -1.67. The average Bonchev–Trinajstić information content (AvgIpc) is 3.04. The normalized spacial score (nSPS) is 19.2. The Balaban J connectivity index is 1.91. The van der Waals surface area contributed by atoms with E-state index in [9.17, 15) is 13.2 Å². The maximum atomic E-state index is 12.2. The highest BCUT2D eigenvalue weighted by molar-refractivity contribution is 7.92. The Morgan fingerprint density at radius 2 is 2.40 bits per heavy atom. The van der Waals surface area contributed by atoms with Gasteiger partial charge in [0.15, 0.2) is 0 Å². The van der Waals surface area contributed by atoms with E-state index < -0.39 is 10.0 Å². The first-order valence-electron chi connectivity index (χ1n) is 6.32. The lowest BCUT2D eigenvalue weighted by Gasteiger charge is -2.16. The first kappa shape index (κ1) is 14.7. The Morgan fingerprint density at radius 1 is 1.65 bits per heavy atom. The van der Waals surface area contributed by atoms with E-state index in [0.717, 1.165) is 11.8 Å². The third-order valence-electron chi connectivity index (χ3n) is 3.41. The van der Waals surface area contributed by atoms with Gasteiger partial charge in [0.1, 0.15) is 5.69 Å². The van der Waals surface area contributed by atoms with Crippen molar-refractivity contribution in [3.8, 4) is 0 Å². The highest BCUT2D eigenvalue weighted by atomic mass is 32.2. The molecule has 2 heterocycles. The van der Waals surface area contributed by atoms with Gasteiger partial charge in [-0.1, -0.05) is 6.58 Å². The minimum Gasteiger partial charge on any atom is -0.337 e. The molecule has 1 aromatic heterocycles. The van der Waals surface area contributed by atoms with Crippen molar-refractivity contribution in [1.82, 2.24) is 19.4 Å². The molecule has 8 heteroatoms. The van der Waals surface area contributed by atoms with Gasteiger partial charge >= 0.3 is 0 Å². The number of nitrogens with zero attached hydrogens (tertiary/aromatic N) is 3. The van der Waals surface area contributed by atoms with Gasteiger partial charge < -0.3 is 4.90 Å². The predicted molar refractivity (Wildman–Crippen MR) is 74.3 cm³/mol. The van der Waals surface area contributed by atoms with Gasteiger partial charge in [-0.15, -0.1) is 0 Å². The average molecular weight is 298 g/mol. The quantitative estimate of drug-likeness (QED) is 0.825. The van der Waals surface area contributed by atoms with Crippen LogP contribution in [0.25, 0.3) is 0 Å². The van der Waals surface area contributed by atoms with Crippen LogP contribution >= 0.6 is 0 Å². The summed E-state index contributed by atoms with van der Waals surface area (Å²) in [5, 5.41) is 4.86. The molecule has 1 fully saturated rings. The van der Waals surface area contributed by atoms with E-state index >= 15 is 0 Å². The van der Waals surface area contributed by atoms with E-state index in [1.165, 1.54) is 4.68 Å². The Kier molecular flexibility index (Phi) is 4.24. The van der Waals surface area contributed by atoms with Crippen molar-refractivity contribution in [2.45, 2.75) is 6.42 Å². The molecule has 110 valence electrons. The second-order valence-electron chi connectivity index (χ2n) is 4.81. The Morgan fingerprint density at radius 3 is 3.00 bits per heavy atom. The standard InChI is InChI=1S/C12H18N4O3S/c1-3-20(18,19)14-8-10-5-7-16(9-10)12(17)11-4-6-13-15(11)2/h3-4,6,10,14H,1,5,7-9H2,2H3. The molecule has 7 nitrogen and oxygen atoms in total. The summed E-state index contributed by atoms with van der Waals surface area (Å²) in [6.45, 7) is 4.74. The molecule has 1 aromatic rings. The summed E-state index contributed by atoms with van der Waals surface area (Å²) in [5.74, 6) is 0.0565. The molecule has 1 atom stereocenters. The zero-order valence-corrected chi connectivity index (χ0v) is 12.1. The van der Waals surface area contributed by atoms with Crippen molar-refractivity contribution in [3.05, 3.63) is 29.9 Å². The Bertz CT molecular complexity index is 608. The number of aryl methyl sites for hydroxylation is 1. The summed E-state index contributed by atoms with van der Waals surface area (Å²) < 4.78 is 26.6. The number of aromatic nitrogens is 2. The first-order chi connectivity index (χ1) is 9.43. The Labute approximate surface area is 118 Å². The maximum absolute atomic E-state index is 12.2. The highest BCUT2D eigenvalue weighted by Gasteiger charge is 2.28. The van der Waals surface area contributed by atoms with Crippen LogP contribution in [0.5, 0.6) is 0 Å². The van der Waals surface area contributed by atoms with Crippen molar-refractivity contribution < 1.29 is 13.2 Å². The maximum Gasteiger partial charge on any atom is 0.272 e. The molecular weight excluding hydrogens is 280 g/mol. The lowest BCUT2D eigenvalue weighted by Crippen LogP contribution is -2.33. The summed E-state index contributed by atoms with van der Waals surface area (Å²) in [6, 6.07) is 1.68.